The van der Waals surface area contributed by atoms with E-state index in [1.165, 1.54) is 36.5 Å². The van der Waals surface area contributed by atoms with Gasteiger partial charge >= 0.3 is 274 Å². The summed E-state index contributed by atoms with van der Waals surface area (Å²) >= 11 is -5.92. The Kier molecular flexibility index (Phi) is 14.6. The number of rotatable bonds is 20. The Morgan fingerprint density at radius 2 is 0.796 bits per heavy atom. The first-order valence-electron chi connectivity index (χ1n) is 17.3. The summed E-state index contributed by atoms with van der Waals surface area (Å²) in [5.74, 6) is -17.8. The van der Waals surface area contributed by atoms with Crippen LogP contribution in [0.4, 0.5) is 35.1 Å². The molecule has 2 aliphatic rings. The third-order valence-corrected chi connectivity index (χ3v) is 17.1. The zero-order chi connectivity index (χ0) is 35.6. The molecule has 0 aliphatic heterocycles. The fraction of sp³-hybridized carbons (Fsp3) is 0.474. The molecule has 268 valence electrons. The Morgan fingerprint density at radius 1 is 0.469 bits per heavy atom. The van der Waals surface area contributed by atoms with Gasteiger partial charge in [0.15, 0.2) is 0 Å². The molecule has 0 spiro atoms. The first-order valence-corrected chi connectivity index (χ1v) is 20.5. The molecule has 0 aromatic heterocycles. The molecule has 49 heavy (non-hydrogen) atoms. The summed E-state index contributed by atoms with van der Waals surface area (Å²) in [5.41, 5.74) is 0. The van der Waals surface area contributed by atoms with Gasteiger partial charge in [0.25, 0.3) is 0 Å². The number of benzene rings is 2. The minimum atomic E-state index is -5.92. The Morgan fingerprint density at radius 3 is 1.10 bits per heavy atom. The molecule has 0 saturated heterocycles. The van der Waals surface area contributed by atoms with Gasteiger partial charge in [-0.05, 0) is 0 Å². The molecule has 4 rings (SSSR count). The van der Waals surface area contributed by atoms with Crippen molar-refractivity contribution in [3.05, 3.63) is 90.7 Å². The van der Waals surface area contributed by atoms with Gasteiger partial charge in [-0.1, -0.05) is 13.8 Å². The van der Waals surface area contributed by atoms with Gasteiger partial charge in [-0.25, -0.2) is 0 Å². The maximum absolute atomic E-state index is 16.4. The van der Waals surface area contributed by atoms with Crippen molar-refractivity contribution >= 4 is 7.74 Å². The van der Waals surface area contributed by atoms with E-state index in [0.717, 1.165) is 51.4 Å². The molecule has 0 fully saturated rings. The summed E-state index contributed by atoms with van der Waals surface area (Å²) in [7, 11) is 0. The van der Waals surface area contributed by atoms with Gasteiger partial charge in [0.05, 0.1) is 0 Å². The molecule has 0 bridgehead atoms. The predicted molar refractivity (Wildman–Crippen MR) is 173 cm³/mol. The third-order valence-electron chi connectivity index (χ3n) is 9.19. The second-order valence-electron chi connectivity index (χ2n) is 12.6. The SMILES string of the molecule is CCCCCCCCOc1c(F)c(F)[c]([Ti]([C]2=CC=CC2)([C]2=CC=CC2)[c]2c(F)c(F)c(OCCCCCCCC)c(F)c2F)c(F)c1F. The van der Waals surface area contributed by atoms with E-state index in [9.17, 15) is 0 Å². The Hall–Kier alpha value is -2.85. The van der Waals surface area contributed by atoms with Crippen molar-refractivity contribution in [2.45, 2.75) is 104 Å². The monoisotopic (exact) mass is 732 g/mol. The van der Waals surface area contributed by atoms with Crippen LogP contribution in [0.5, 0.6) is 11.5 Å². The third kappa shape index (κ3) is 8.22. The number of allylic oxidation sites excluding steroid dienone is 8. The summed E-state index contributed by atoms with van der Waals surface area (Å²) in [4.78, 5) is 0. The van der Waals surface area contributed by atoms with Crippen molar-refractivity contribution in [3.8, 4) is 11.5 Å². The summed E-state index contributed by atoms with van der Waals surface area (Å²) in [5, 5.41) is 0. The van der Waals surface area contributed by atoms with Crippen molar-refractivity contribution in [2.75, 3.05) is 13.2 Å². The van der Waals surface area contributed by atoms with Crippen molar-refractivity contribution in [3.63, 3.8) is 0 Å². The van der Waals surface area contributed by atoms with Crippen LogP contribution in [-0.2, 0) is 16.6 Å². The van der Waals surface area contributed by atoms with Crippen LogP contribution in [0.15, 0.2) is 44.2 Å². The molecule has 0 unspecified atom stereocenters. The van der Waals surface area contributed by atoms with Gasteiger partial charge in [0, 0.05) is 0 Å². The van der Waals surface area contributed by atoms with Gasteiger partial charge in [-0.15, -0.1) is 0 Å². The van der Waals surface area contributed by atoms with Crippen LogP contribution in [0.1, 0.15) is 104 Å². The van der Waals surface area contributed by atoms with E-state index in [2.05, 4.69) is 13.8 Å². The zero-order valence-corrected chi connectivity index (χ0v) is 29.7. The van der Waals surface area contributed by atoms with E-state index in [-0.39, 0.29) is 33.8 Å². The molecule has 0 amide bonds. The van der Waals surface area contributed by atoms with Crippen LogP contribution >= 0.6 is 0 Å². The van der Waals surface area contributed by atoms with Crippen LogP contribution in [0.25, 0.3) is 0 Å². The van der Waals surface area contributed by atoms with Gasteiger partial charge in [-0.2, -0.15) is 0 Å². The molecule has 2 aliphatic carbocycles. The van der Waals surface area contributed by atoms with Crippen LogP contribution in [-0.4, -0.2) is 13.2 Å². The summed E-state index contributed by atoms with van der Waals surface area (Å²) < 4.78 is 137. The molecule has 0 saturated carbocycles. The van der Waals surface area contributed by atoms with Crippen LogP contribution < -0.4 is 17.2 Å². The molecular weight excluding hydrogens is 688 g/mol. The molecule has 0 radical (unpaired) electrons. The number of halogens is 8. The maximum atomic E-state index is 16.4. The molecular formula is C38H44F8O2Ti. The van der Waals surface area contributed by atoms with Crippen molar-refractivity contribution in [1.82, 2.24) is 0 Å². The molecule has 0 atom stereocenters. The van der Waals surface area contributed by atoms with Crippen molar-refractivity contribution < 1.29 is 61.2 Å². The second-order valence-corrected chi connectivity index (χ2v) is 18.5. The van der Waals surface area contributed by atoms with Crippen LogP contribution in [0, 0.1) is 46.5 Å². The Balaban J connectivity index is 1.83. The first-order chi connectivity index (χ1) is 23.6. The molecule has 2 aromatic carbocycles. The second kappa shape index (κ2) is 18.4. The quantitative estimate of drug-likeness (QED) is 0.0584. The minimum absolute atomic E-state index is 0.0321. The Labute approximate surface area is 287 Å². The molecule has 11 heteroatoms. The summed E-state index contributed by atoms with van der Waals surface area (Å²) in [6.45, 7) is 3.65. The standard InChI is InChI=1S/2C14H17F4O.2C5H5.Ti/c2*1-2-3-4-5-6-7-8-19-14-12(17)10(15)9-11(16)13(14)18;2*1-2-4-5-3-1;/h2*2-8H2,1H3;2*1-3H,4H2;. The average Bonchev–Trinajstić information content (AvgIpc) is 3.84. The van der Waals surface area contributed by atoms with Gasteiger partial charge in [-0.3, -0.25) is 0 Å². The van der Waals surface area contributed by atoms with Crippen LogP contribution in [0.3, 0.4) is 0 Å². The van der Waals surface area contributed by atoms with E-state index in [1.807, 2.05) is 0 Å². The fourth-order valence-electron chi connectivity index (χ4n) is 6.67. The summed E-state index contributed by atoms with van der Waals surface area (Å²) in [6, 6.07) is 0. The Bertz CT molecular complexity index is 1420. The molecule has 0 heterocycles. The number of unbranched alkanes of at least 4 members (excludes halogenated alkanes) is 10. The van der Waals surface area contributed by atoms with E-state index < -0.39 is 82.4 Å². The van der Waals surface area contributed by atoms with Gasteiger partial charge in [0.1, 0.15) is 0 Å². The van der Waals surface area contributed by atoms with E-state index in [4.69, 9.17) is 9.47 Å². The van der Waals surface area contributed by atoms with E-state index >= 15 is 35.1 Å². The first kappa shape index (κ1) is 38.9. The number of hydrogen-bond donors (Lipinski definition) is 0. The fourth-order valence-corrected chi connectivity index (χ4v) is 14.9. The van der Waals surface area contributed by atoms with E-state index in [1.54, 1.807) is 0 Å². The molecule has 2 nitrogen and oxygen atoms in total. The van der Waals surface area contributed by atoms with Crippen LogP contribution in [0.2, 0.25) is 0 Å². The normalized spacial score (nSPS) is 14.2. The topological polar surface area (TPSA) is 18.5 Å². The predicted octanol–water partition coefficient (Wildman–Crippen LogP) is 11.1. The van der Waals surface area contributed by atoms with Crippen molar-refractivity contribution in [1.29, 1.82) is 0 Å². The summed E-state index contributed by atoms with van der Waals surface area (Å²) in [6.07, 6.45) is 18.2. The molecule has 2 aromatic rings. The van der Waals surface area contributed by atoms with Crippen molar-refractivity contribution in [2.24, 2.45) is 0 Å². The number of hydrogen-bond acceptors (Lipinski definition) is 2. The zero-order valence-electron chi connectivity index (χ0n) is 28.1. The number of ether oxygens (including phenoxy) is 2. The average molecular weight is 733 g/mol. The van der Waals surface area contributed by atoms with E-state index in [0.29, 0.717) is 25.7 Å². The molecule has 0 N–H and O–H groups in total. The van der Waals surface area contributed by atoms with Gasteiger partial charge in [0.2, 0.25) is 0 Å². The van der Waals surface area contributed by atoms with Gasteiger partial charge < -0.3 is 0 Å².